The Kier molecular flexibility index (Phi) is 27.0. The summed E-state index contributed by atoms with van der Waals surface area (Å²) in [4.78, 5) is 132. The van der Waals surface area contributed by atoms with Crippen LogP contribution < -0.4 is 37.6 Å². The minimum atomic E-state index is -1.68. The van der Waals surface area contributed by atoms with E-state index < -0.39 is 117 Å². The van der Waals surface area contributed by atoms with Gasteiger partial charge in [-0.15, -0.1) is 23.5 Å². The molecule has 9 rings (SSSR count). The van der Waals surface area contributed by atoms with Crippen LogP contribution in [0.3, 0.4) is 0 Å². The van der Waals surface area contributed by atoms with Crippen molar-refractivity contribution in [3.05, 3.63) is 251 Å². The number of hydrogen-bond acceptors (Lipinski definition) is 13. The number of rotatable bonds is 33. The Hall–Kier alpha value is -10.2. The molecule has 1 aliphatic rings. The number of unbranched alkanes of at least 4 members (excludes halogenated alkanes) is 1. The Morgan fingerprint density at radius 1 is 0.534 bits per heavy atom. The lowest BCUT2D eigenvalue weighted by atomic mass is 9.84. The van der Waals surface area contributed by atoms with Crippen molar-refractivity contribution in [3.8, 4) is 0 Å². The summed E-state index contributed by atoms with van der Waals surface area (Å²) >= 11 is 3.02. The number of esters is 1. The number of aromatic nitrogens is 1. The summed E-state index contributed by atoms with van der Waals surface area (Å²) in [6.07, 6.45) is 1.74. The number of ether oxygens (including phenoxy) is 2. The van der Waals surface area contributed by atoms with Gasteiger partial charge in [0.05, 0.1) is 22.5 Å². The Morgan fingerprint density at radius 3 is 1.52 bits per heavy atom. The number of likely N-dealkylation sites (tertiary alicyclic amines) is 1. The van der Waals surface area contributed by atoms with Gasteiger partial charge in [0.1, 0.15) is 41.4 Å². The van der Waals surface area contributed by atoms with E-state index in [-0.39, 0.29) is 44.5 Å². The van der Waals surface area contributed by atoms with Crippen molar-refractivity contribution in [1.29, 1.82) is 0 Å². The fourth-order valence-electron chi connectivity index (χ4n) is 12.8. The third kappa shape index (κ3) is 21.0. The zero-order valence-electron chi connectivity index (χ0n) is 59.1. The van der Waals surface area contributed by atoms with Gasteiger partial charge in [0.15, 0.2) is 0 Å². The van der Waals surface area contributed by atoms with E-state index >= 15 is 9.59 Å². The molecule has 0 spiro atoms. The molecule has 5 atom stereocenters. The number of H-pyrrole nitrogens is 1. The van der Waals surface area contributed by atoms with E-state index in [1.54, 1.807) is 59.5 Å². The number of nitrogens with one attached hydrogen (secondary N) is 7. The number of para-hydroxylation sites is 1. The molecule has 8 amide bonds. The van der Waals surface area contributed by atoms with Crippen LogP contribution in [0.5, 0.6) is 0 Å². The molecule has 0 aliphatic carbocycles. The number of carbonyl (C=O) groups excluding carboxylic acids is 9. The molecular weight excluding hydrogens is 1340 g/mol. The Balaban J connectivity index is 0.918. The van der Waals surface area contributed by atoms with E-state index in [0.29, 0.717) is 30.6 Å². The molecule has 1 aromatic heterocycles. The number of carbonyl (C=O) groups is 9. The molecular formula is C81H93N9O11S2. The minimum Gasteiger partial charge on any atom is -0.460 e. The van der Waals surface area contributed by atoms with Crippen molar-refractivity contribution in [2.45, 2.75) is 144 Å². The minimum absolute atomic E-state index is 0.00347. The van der Waals surface area contributed by atoms with Crippen LogP contribution in [0.15, 0.2) is 212 Å². The first-order valence-corrected chi connectivity index (χ1v) is 36.8. The largest absolute Gasteiger partial charge is 0.460 e. The molecule has 20 nitrogen and oxygen atoms in total. The van der Waals surface area contributed by atoms with Crippen LogP contribution in [-0.4, -0.2) is 136 Å². The van der Waals surface area contributed by atoms with E-state index in [9.17, 15) is 33.6 Å². The summed E-state index contributed by atoms with van der Waals surface area (Å²) in [7, 11) is 0. The number of hydrogen-bond donors (Lipinski definition) is 8. The van der Waals surface area contributed by atoms with Gasteiger partial charge in [-0.3, -0.25) is 38.4 Å². The van der Waals surface area contributed by atoms with Crippen LogP contribution in [0.25, 0.3) is 10.9 Å². The SMILES string of the molecule is CC(C)(C)OC(=O)C[C@H](NC(=O)CNC(=O)[C@H](CCCCNC(=O)OC(C)(C)C)NC(=O)CCSC(c1ccccc1)(c1ccccc1)c1ccccc1)C(=O)N[C@@H](Cc1c[nH]c2ccccc12)C(=O)N1CCC[C@H]1C(=O)N[C@@H](CSC(c1ccccc1)(c1ccccc1)c1ccccc1)C(N)=O. The number of nitrogens with zero attached hydrogens (tertiary/aromatic N) is 1. The van der Waals surface area contributed by atoms with Crippen LogP contribution in [-0.2, 0) is 63.7 Å². The van der Waals surface area contributed by atoms with Gasteiger partial charge < -0.3 is 57.0 Å². The van der Waals surface area contributed by atoms with Gasteiger partial charge in [0.25, 0.3) is 0 Å². The average molecular weight is 1430 g/mol. The first-order valence-electron chi connectivity index (χ1n) is 34.9. The number of fused-ring (bicyclic) bond motifs is 1. The number of thioether (sulfide) groups is 2. The fraction of sp³-hybridized carbons (Fsp3) is 0.346. The molecule has 0 bridgehead atoms. The molecule has 1 fully saturated rings. The average Bonchev–Trinajstić information content (AvgIpc) is 1.45. The lowest BCUT2D eigenvalue weighted by Gasteiger charge is -2.36. The van der Waals surface area contributed by atoms with Gasteiger partial charge in [-0.25, -0.2) is 4.79 Å². The number of amides is 8. The van der Waals surface area contributed by atoms with Crippen molar-refractivity contribution in [2.75, 3.05) is 31.1 Å². The second kappa shape index (κ2) is 36.1. The number of benzene rings is 7. The Labute approximate surface area is 610 Å². The second-order valence-electron chi connectivity index (χ2n) is 27.4. The van der Waals surface area contributed by atoms with E-state index in [2.05, 4.69) is 73.3 Å². The topological polar surface area (TPSA) is 289 Å². The standard InChI is InChI=1S/C81H93N9O11S2/c1-78(2,3)100-71(93)51-65(87-70(92)53-85-73(95)64(44-27-28-47-83-77(99)101-79(4,5)6)86-69(91)46-49-102-80(56-30-13-7-14-31-56,57-32-15-8-16-33-57)58-34-17-9-18-35-58)74(96)88-66(50-55-52-84-63-43-26-25-42-62(55)63)76(98)90-48-29-45-68(90)75(97)89-67(72(82)94)54-103-81(59-36-19-10-20-37-59,60-38-21-11-22-39-60)61-40-23-12-24-41-61/h7-26,30-43,52,64-68,84H,27-29,44-51,53-54H2,1-6H3,(H2,82,94)(H,83,99)(H,85,95)(H,86,91)(H,87,92)(H,88,96)(H,89,97)/t64-,65-,66-,67-,68-/m0/s1. The molecule has 8 aromatic rings. The monoisotopic (exact) mass is 1430 g/mol. The first kappa shape index (κ1) is 77.0. The van der Waals surface area contributed by atoms with Crippen LogP contribution >= 0.6 is 23.5 Å². The second-order valence-corrected chi connectivity index (χ2v) is 30.0. The summed E-state index contributed by atoms with van der Waals surface area (Å²) in [5, 5.41) is 17.3. The maximum absolute atomic E-state index is 15.4. The molecule has 22 heteroatoms. The van der Waals surface area contributed by atoms with E-state index in [4.69, 9.17) is 15.2 Å². The highest BCUT2D eigenvalue weighted by Gasteiger charge is 2.43. The van der Waals surface area contributed by atoms with E-state index in [1.807, 2.05) is 170 Å². The Bertz CT molecular complexity index is 3970. The van der Waals surface area contributed by atoms with Crippen LogP contribution in [0, 0.1) is 0 Å². The zero-order chi connectivity index (χ0) is 73.6. The normalized spacial score (nSPS) is 14.4. The molecule has 0 saturated carbocycles. The van der Waals surface area contributed by atoms with Gasteiger partial charge in [-0.05, 0) is 119 Å². The van der Waals surface area contributed by atoms with Crippen molar-refractivity contribution >= 4 is 87.8 Å². The number of aromatic amines is 1. The number of nitrogens with two attached hydrogens (primary N) is 1. The summed E-state index contributed by atoms with van der Waals surface area (Å²) in [6, 6.07) is 60.5. The molecule has 0 radical (unpaired) electrons. The highest BCUT2D eigenvalue weighted by Crippen LogP contribution is 2.50. The maximum Gasteiger partial charge on any atom is 0.407 e. The third-order valence-corrected chi connectivity index (χ3v) is 20.7. The van der Waals surface area contributed by atoms with Crippen LogP contribution in [0.1, 0.15) is 125 Å². The molecule has 0 unspecified atom stereocenters. The van der Waals surface area contributed by atoms with Crippen LogP contribution in [0.2, 0.25) is 0 Å². The molecule has 540 valence electrons. The quantitative estimate of drug-likeness (QED) is 0.0108. The predicted octanol–water partition coefficient (Wildman–Crippen LogP) is 10.5. The van der Waals surface area contributed by atoms with E-state index in [1.165, 1.54) is 16.7 Å². The van der Waals surface area contributed by atoms with Crippen LogP contribution in [0.4, 0.5) is 4.79 Å². The molecule has 9 N–H and O–H groups in total. The van der Waals surface area contributed by atoms with Gasteiger partial charge in [0, 0.05) is 54.5 Å². The fourth-order valence-corrected chi connectivity index (χ4v) is 15.9. The molecule has 2 heterocycles. The van der Waals surface area contributed by atoms with Gasteiger partial charge in [-0.2, -0.15) is 0 Å². The lowest BCUT2D eigenvalue weighted by molar-refractivity contribution is -0.156. The molecule has 103 heavy (non-hydrogen) atoms. The molecule has 7 aromatic carbocycles. The molecule has 1 saturated heterocycles. The summed E-state index contributed by atoms with van der Waals surface area (Å²) < 4.78 is 9.47. The van der Waals surface area contributed by atoms with Gasteiger partial charge in [0.2, 0.25) is 41.4 Å². The lowest BCUT2D eigenvalue weighted by Crippen LogP contribution is -2.59. The smallest absolute Gasteiger partial charge is 0.407 e. The maximum atomic E-state index is 15.4. The number of primary amides is 1. The van der Waals surface area contributed by atoms with Gasteiger partial charge in [-0.1, -0.05) is 200 Å². The number of alkyl carbamates (subject to hydrolysis) is 1. The highest BCUT2D eigenvalue weighted by atomic mass is 32.2. The zero-order valence-corrected chi connectivity index (χ0v) is 60.8. The summed E-state index contributed by atoms with van der Waals surface area (Å²) in [5.74, 6) is -5.57. The summed E-state index contributed by atoms with van der Waals surface area (Å²) in [5.41, 5.74) is 11.6. The van der Waals surface area contributed by atoms with Crippen molar-refractivity contribution in [3.63, 3.8) is 0 Å². The van der Waals surface area contributed by atoms with Crippen molar-refractivity contribution < 1.29 is 52.6 Å². The summed E-state index contributed by atoms with van der Waals surface area (Å²) in [6.45, 7) is 9.77. The van der Waals surface area contributed by atoms with Crippen molar-refractivity contribution in [2.24, 2.45) is 5.73 Å². The predicted molar refractivity (Wildman–Crippen MR) is 403 cm³/mol. The highest BCUT2D eigenvalue weighted by molar-refractivity contribution is 8.01. The van der Waals surface area contributed by atoms with Gasteiger partial charge >= 0.3 is 12.1 Å². The third-order valence-electron chi connectivity index (χ3n) is 17.5. The molecule has 1 aliphatic heterocycles. The Morgan fingerprint density at radius 2 is 1.02 bits per heavy atom. The first-order chi connectivity index (χ1) is 49.4. The van der Waals surface area contributed by atoms with Crippen molar-refractivity contribution in [1.82, 2.24) is 41.8 Å². The van der Waals surface area contributed by atoms with E-state index in [0.717, 1.165) is 44.3 Å².